The van der Waals surface area contributed by atoms with Crippen LogP contribution in [0, 0.1) is 5.92 Å². The highest BCUT2D eigenvalue weighted by molar-refractivity contribution is 5.76. The maximum atomic E-state index is 12.2. The molecule has 1 aliphatic heterocycles. The van der Waals surface area contributed by atoms with Gasteiger partial charge >= 0.3 is 12.0 Å². The zero-order valence-electron chi connectivity index (χ0n) is 10.9. The van der Waals surface area contributed by atoms with Crippen molar-refractivity contribution in [2.24, 2.45) is 5.92 Å². The summed E-state index contributed by atoms with van der Waals surface area (Å²) >= 11 is 0. The van der Waals surface area contributed by atoms with Crippen molar-refractivity contribution in [2.45, 2.75) is 19.4 Å². The molecule has 0 bridgehead atoms. The maximum absolute atomic E-state index is 12.2. The van der Waals surface area contributed by atoms with Gasteiger partial charge in [0.1, 0.15) is 0 Å². The summed E-state index contributed by atoms with van der Waals surface area (Å²) in [5.41, 5.74) is 0.919. The number of likely N-dealkylation sites (tertiary alicyclic amines) is 1. The number of hydrogen-bond acceptors (Lipinski definition) is 3. The van der Waals surface area contributed by atoms with Crippen molar-refractivity contribution in [3.8, 4) is 0 Å². The molecule has 2 heterocycles. The van der Waals surface area contributed by atoms with Gasteiger partial charge in [-0.2, -0.15) is 5.10 Å². The summed E-state index contributed by atoms with van der Waals surface area (Å²) in [6.45, 7) is 1.38. The number of aromatic nitrogens is 2. The van der Waals surface area contributed by atoms with Crippen molar-refractivity contribution < 1.29 is 14.7 Å². The SMILES string of the molecule is CN(Cc1cn[nH]c1)C(=O)N1CCC[C@@H](C(=O)O)C1. The Balaban J connectivity index is 1.93. The number of nitrogens with one attached hydrogen (secondary N) is 1. The molecule has 1 aromatic rings. The van der Waals surface area contributed by atoms with Crippen molar-refractivity contribution in [1.29, 1.82) is 0 Å². The fourth-order valence-corrected chi connectivity index (χ4v) is 2.30. The average molecular weight is 266 g/mol. The Hall–Kier alpha value is -2.05. The first-order valence-electron chi connectivity index (χ1n) is 6.28. The molecule has 0 spiro atoms. The van der Waals surface area contributed by atoms with Gasteiger partial charge in [0.15, 0.2) is 0 Å². The number of carbonyl (C=O) groups excluding carboxylic acids is 1. The molecule has 1 saturated heterocycles. The number of aliphatic carboxylic acids is 1. The van der Waals surface area contributed by atoms with Crippen LogP contribution in [0.15, 0.2) is 12.4 Å². The van der Waals surface area contributed by atoms with Crippen molar-refractivity contribution >= 4 is 12.0 Å². The molecular weight excluding hydrogens is 248 g/mol. The number of carbonyl (C=O) groups is 2. The first-order valence-corrected chi connectivity index (χ1v) is 6.28. The minimum atomic E-state index is -0.824. The summed E-state index contributed by atoms with van der Waals surface area (Å²) in [4.78, 5) is 26.4. The van der Waals surface area contributed by atoms with E-state index in [1.54, 1.807) is 29.2 Å². The van der Waals surface area contributed by atoms with Crippen LogP contribution < -0.4 is 0 Å². The van der Waals surface area contributed by atoms with E-state index in [4.69, 9.17) is 5.11 Å². The Morgan fingerprint density at radius 3 is 3.05 bits per heavy atom. The van der Waals surface area contributed by atoms with E-state index in [2.05, 4.69) is 10.2 Å². The van der Waals surface area contributed by atoms with E-state index in [9.17, 15) is 9.59 Å². The summed E-state index contributed by atoms with van der Waals surface area (Å²) in [5.74, 6) is -1.27. The van der Waals surface area contributed by atoms with Crippen molar-refractivity contribution in [2.75, 3.05) is 20.1 Å². The monoisotopic (exact) mass is 266 g/mol. The van der Waals surface area contributed by atoms with Gasteiger partial charge in [-0.25, -0.2) is 4.79 Å². The lowest BCUT2D eigenvalue weighted by atomic mass is 9.99. The fraction of sp³-hybridized carbons (Fsp3) is 0.583. The summed E-state index contributed by atoms with van der Waals surface area (Å²) in [7, 11) is 1.71. The summed E-state index contributed by atoms with van der Waals surface area (Å²) in [6, 6.07) is -0.132. The molecule has 2 rings (SSSR count). The van der Waals surface area contributed by atoms with Gasteiger partial charge < -0.3 is 14.9 Å². The van der Waals surface area contributed by atoms with E-state index in [0.29, 0.717) is 26.1 Å². The molecule has 19 heavy (non-hydrogen) atoms. The minimum absolute atomic E-state index is 0.132. The van der Waals surface area contributed by atoms with Gasteiger partial charge in [-0.15, -0.1) is 0 Å². The van der Waals surface area contributed by atoms with Gasteiger partial charge in [-0.3, -0.25) is 9.89 Å². The van der Waals surface area contributed by atoms with Gasteiger partial charge in [0.05, 0.1) is 18.7 Å². The van der Waals surface area contributed by atoms with Crippen LogP contribution in [0.25, 0.3) is 0 Å². The van der Waals surface area contributed by atoms with Gasteiger partial charge in [0, 0.05) is 31.9 Å². The molecule has 2 N–H and O–H groups in total. The molecule has 7 heteroatoms. The molecule has 7 nitrogen and oxygen atoms in total. The van der Waals surface area contributed by atoms with Crippen molar-refractivity contribution in [3.63, 3.8) is 0 Å². The van der Waals surface area contributed by atoms with Crippen LogP contribution in [-0.2, 0) is 11.3 Å². The Morgan fingerprint density at radius 1 is 1.63 bits per heavy atom. The van der Waals surface area contributed by atoms with E-state index < -0.39 is 11.9 Å². The molecule has 1 atom stereocenters. The third-order valence-electron chi connectivity index (χ3n) is 3.34. The number of carboxylic acids is 1. The highest BCUT2D eigenvalue weighted by Gasteiger charge is 2.29. The van der Waals surface area contributed by atoms with Crippen LogP contribution in [0.4, 0.5) is 4.79 Å². The molecule has 104 valence electrons. The Kier molecular flexibility index (Phi) is 4.03. The Bertz CT molecular complexity index is 446. The van der Waals surface area contributed by atoms with E-state index in [1.807, 2.05) is 0 Å². The second-order valence-corrected chi connectivity index (χ2v) is 4.87. The number of piperidine rings is 1. The van der Waals surface area contributed by atoms with Crippen LogP contribution in [0.3, 0.4) is 0 Å². The second kappa shape index (κ2) is 5.73. The number of amides is 2. The summed E-state index contributed by atoms with van der Waals surface area (Å²) < 4.78 is 0. The summed E-state index contributed by atoms with van der Waals surface area (Å²) in [6.07, 6.45) is 4.78. The maximum Gasteiger partial charge on any atom is 0.320 e. The van der Waals surface area contributed by atoms with Gasteiger partial charge in [-0.1, -0.05) is 0 Å². The van der Waals surface area contributed by atoms with Crippen molar-refractivity contribution in [1.82, 2.24) is 20.0 Å². The van der Waals surface area contributed by atoms with Crippen LogP contribution in [0.5, 0.6) is 0 Å². The van der Waals surface area contributed by atoms with Gasteiger partial charge in [0.2, 0.25) is 0 Å². The zero-order chi connectivity index (χ0) is 13.8. The topological polar surface area (TPSA) is 89.5 Å². The largest absolute Gasteiger partial charge is 0.481 e. The third-order valence-corrected chi connectivity index (χ3v) is 3.34. The number of carboxylic acid groups (broad SMARTS) is 1. The molecule has 0 aromatic carbocycles. The molecule has 0 aliphatic carbocycles. The predicted molar refractivity (Wildman–Crippen MR) is 67.4 cm³/mol. The standard InChI is InChI=1S/C12H18N4O3/c1-15(7-9-5-13-14-6-9)12(19)16-4-2-3-10(8-16)11(17)18/h5-6,10H,2-4,7-8H2,1H3,(H,13,14)(H,17,18)/t10-/m1/s1. The molecule has 1 aliphatic rings. The van der Waals surface area contributed by atoms with E-state index in [0.717, 1.165) is 12.0 Å². The quantitative estimate of drug-likeness (QED) is 0.845. The number of aromatic amines is 1. The summed E-state index contributed by atoms with van der Waals surface area (Å²) in [5, 5.41) is 15.5. The molecular formula is C12H18N4O3. The van der Waals surface area contributed by atoms with Crippen LogP contribution >= 0.6 is 0 Å². The number of urea groups is 1. The lowest BCUT2D eigenvalue weighted by Crippen LogP contribution is -2.47. The Morgan fingerprint density at radius 2 is 2.42 bits per heavy atom. The molecule has 0 unspecified atom stereocenters. The Labute approximate surface area is 111 Å². The fourth-order valence-electron chi connectivity index (χ4n) is 2.30. The lowest BCUT2D eigenvalue weighted by molar-refractivity contribution is -0.143. The van der Waals surface area contributed by atoms with E-state index in [-0.39, 0.29) is 6.03 Å². The third kappa shape index (κ3) is 3.24. The average Bonchev–Trinajstić information content (AvgIpc) is 2.90. The first-order chi connectivity index (χ1) is 9.08. The lowest BCUT2D eigenvalue weighted by Gasteiger charge is -2.33. The van der Waals surface area contributed by atoms with E-state index in [1.165, 1.54) is 0 Å². The number of H-pyrrole nitrogens is 1. The molecule has 1 fully saturated rings. The molecule has 2 amide bonds. The number of hydrogen-bond donors (Lipinski definition) is 2. The van der Waals surface area contributed by atoms with Crippen LogP contribution in [0.1, 0.15) is 18.4 Å². The first kappa shape index (κ1) is 13.4. The molecule has 1 aromatic heterocycles. The zero-order valence-corrected chi connectivity index (χ0v) is 10.9. The molecule has 0 radical (unpaired) electrons. The van der Waals surface area contributed by atoms with Crippen molar-refractivity contribution in [3.05, 3.63) is 18.0 Å². The van der Waals surface area contributed by atoms with Gasteiger partial charge in [-0.05, 0) is 12.8 Å². The second-order valence-electron chi connectivity index (χ2n) is 4.87. The van der Waals surface area contributed by atoms with Gasteiger partial charge in [0.25, 0.3) is 0 Å². The number of rotatable bonds is 3. The van der Waals surface area contributed by atoms with Crippen LogP contribution in [-0.4, -0.2) is 57.2 Å². The number of nitrogens with zero attached hydrogens (tertiary/aromatic N) is 3. The van der Waals surface area contributed by atoms with E-state index >= 15 is 0 Å². The molecule has 0 saturated carbocycles. The highest BCUT2D eigenvalue weighted by atomic mass is 16.4. The van der Waals surface area contributed by atoms with Crippen LogP contribution in [0.2, 0.25) is 0 Å². The normalized spacial score (nSPS) is 19.2. The highest BCUT2D eigenvalue weighted by Crippen LogP contribution is 2.18. The smallest absolute Gasteiger partial charge is 0.320 e. The predicted octanol–water partition coefficient (Wildman–Crippen LogP) is 0.758. The minimum Gasteiger partial charge on any atom is -0.481 e.